The van der Waals surface area contributed by atoms with Crippen molar-refractivity contribution in [3.05, 3.63) is 70.3 Å². The Labute approximate surface area is 175 Å². The van der Waals surface area contributed by atoms with Crippen LogP contribution in [0, 0.1) is 6.92 Å². The van der Waals surface area contributed by atoms with Crippen molar-refractivity contribution in [1.29, 1.82) is 0 Å². The van der Waals surface area contributed by atoms with Gasteiger partial charge < -0.3 is 9.67 Å². The Balaban J connectivity index is 1.90. The highest BCUT2D eigenvalue weighted by Crippen LogP contribution is 2.27. The normalized spacial score (nSPS) is 12.6. The van der Waals surface area contributed by atoms with Crippen LogP contribution in [0.3, 0.4) is 0 Å². The number of nitrogens with zero attached hydrogens (tertiary/aromatic N) is 3. The van der Waals surface area contributed by atoms with Gasteiger partial charge in [0.15, 0.2) is 0 Å². The highest BCUT2D eigenvalue weighted by atomic mass is 16.4. The number of carbonyl (C=O) groups is 1. The monoisotopic (exact) mass is 405 g/mol. The number of hydrogen-bond donors (Lipinski definition) is 1. The van der Waals surface area contributed by atoms with Crippen LogP contribution in [0.25, 0.3) is 21.9 Å². The second-order valence-corrected chi connectivity index (χ2v) is 8.00. The molecule has 30 heavy (non-hydrogen) atoms. The quantitative estimate of drug-likeness (QED) is 0.493. The van der Waals surface area contributed by atoms with Gasteiger partial charge in [0.2, 0.25) is 0 Å². The molecule has 1 N–H and O–H groups in total. The number of aryl methyl sites for hydroxylation is 2. The van der Waals surface area contributed by atoms with Gasteiger partial charge in [-0.3, -0.25) is 13.9 Å². The third-order valence-electron chi connectivity index (χ3n) is 5.90. The number of imidazole rings is 1. The van der Waals surface area contributed by atoms with Crippen LogP contribution in [-0.2, 0) is 18.4 Å². The van der Waals surface area contributed by atoms with Gasteiger partial charge in [-0.15, -0.1) is 0 Å². The maximum absolute atomic E-state index is 13.5. The van der Waals surface area contributed by atoms with E-state index in [0.29, 0.717) is 13.0 Å². The molecule has 1 atom stereocenters. The SMILES string of the molecule is CCC[C@H](CC(=O)O)n1c(=O)n(Cc2cn(C)c3cccc(C)c23)c2ccccc21. The molecule has 0 aliphatic rings. The van der Waals surface area contributed by atoms with Gasteiger partial charge in [-0.25, -0.2) is 4.79 Å². The predicted octanol–water partition coefficient (Wildman–Crippen LogP) is 4.47. The molecule has 0 aliphatic heterocycles. The maximum Gasteiger partial charge on any atom is 0.329 e. The van der Waals surface area contributed by atoms with E-state index < -0.39 is 5.97 Å². The first kappa shape index (κ1) is 20.0. The van der Waals surface area contributed by atoms with Crippen LogP contribution in [0.15, 0.2) is 53.5 Å². The van der Waals surface area contributed by atoms with E-state index in [1.165, 1.54) is 10.9 Å². The van der Waals surface area contributed by atoms with Crippen LogP contribution < -0.4 is 5.69 Å². The number of fused-ring (bicyclic) bond motifs is 2. The summed E-state index contributed by atoms with van der Waals surface area (Å²) in [5.74, 6) is -0.887. The molecule has 0 radical (unpaired) electrons. The van der Waals surface area contributed by atoms with Crippen molar-refractivity contribution in [2.75, 3.05) is 0 Å². The van der Waals surface area contributed by atoms with Crippen LogP contribution in [-0.4, -0.2) is 24.8 Å². The van der Waals surface area contributed by atoms with Gasteiger partial charge in [-0.05, 0) is 42.7 Å². The second kappa shape index (κ2) is 7.86. The van der Waals surface area contributed by atoms with E-state index in [1.807, 2.05) is 44.3 Å². The molecular weight excluding hydrogens is 378 g/mol. The van der Waals surface area contributed by atoms with Gasteiger partial charge in [-0.2, -0.15) is 0 Å². The average molecular weight is 405 g/mol. The molecule has 0 unspecified atom stereocenters. The molecule has 0 bridgehead atoms. The summed E-state index contributed by atoms with van der Waals surface area (Å²) >= 11 is 0. The van der Waals surface area contributed by atoms with Gasteiger partial charge in [0.1, 0.15) is 0 Å². The fourth-order valence-corrected chi connectivity index (χ4v) is 4.62. The Hall–Kier alpha value is -3.28. The lowest BCUT2D eigenvalue weighted by Crippen LogP contribution is -2.29. The highest BCUT2D eigenvalue weighted by molar-refractivity contribution is 5.87. The number of aromatic nitrogens is 3. The zero-order valence-electron chi connectivity index (χ0n) is 17.6. The molecular formula is C24H27N3O3. The summed E-state index contributed by atoms with van der Waals surface area (Å²) in [5.41, 5.74) is 4.87. The van der Waals surface area contributed by atoms with Crippen molar-refractivity contribution in [3.63, 3.8) is 0 Å². The molecule has 6 nitrogen and oxygen atoms in total. The fraction of sp³-hybridized carbons (Fsp3) is 0.333. The topological polar surface area (TPSA) is 69.2 Å². The largest absolute Gasteiger partial charge is 0.481 e. The van der Waals surface area contributed by atoms with E-state index in [2.05, 4.69) is 29.8 Å². The lowest BCUT2D eigenvalue weighted by atomic mass is 10.1. The van der Waals surface area contributed by atoms with Gasteiger partial charge in [0.05, 0.1) is 24.0 Å². The van der Waals surface area contributed by atoms with Gasteiger partial charge in [0.25, 0.3) is 0 Å². The van der Waals surface area contributed by atoms with E-state index >= 15 is 0 Å². The van der Waals surface area contributed by atoms with Crippen molar-refractivity contribution in [2.24, 2.45) is 7.05 Å². The Morgan fingerprint density at radius 3 is 2.47 bits per heavy atom. The second-order valence-electron chi connectivity index (χ2n) is 8.00. The molecule has 0 saturated carbocycles. The molecule has 0 spiro atoms. The number of benzene rings is 2. The number of para-hydroxylation sites is 2. The molecule has 2 aromatic carbocycles. The molecule has 2 aromatic heterocycles. The zero-order valence-corrected chi connectivity index (χ0v) is 17.6. The minimum absolute atomic E-state index is 0.0604. The highest BCUT2D eigenvalue weighted by Gasteiger charge is 2.23. The summed E-state index contributed by atoms with van der Waals surface area (Å²) in [7, 11) is 2.02. The average Bonchev–Trinajstić information content (AvgIpc) is 3.17. The molecule has 2 heterocycles. The predicted molar refractivity (Wildman–Crippen MR) is 119 cm³/mol. The maximum atomic E-state index is 13.5. The minimum atomic E-state index is -0.887. The summed E-state index contributed by atoms with van der Waals surface area (Å²) in [6, 6.07) is 13.5. The van der Waals surface area contributed by atoms with Gasteiger partial charge in [0, 0.05) is 30.2 Å². The van der Waals surface area contributed by atoms with Crippen LogP contribution >= 0.6 is 0 Å². The first-order chi connectivity index (χ1) is 14.4. The first-order valence-corrected chi connectivity index (χ1v) is 10.4. The van der Waals surface area contributed by atoms with E-state index in [1.54, 1.807) is 9.13 Å². The number of hydrogen-bond acceptors (Lipinski definition) is 2. The molecule has 156 valence electrons. The van der Waals surface area contributed by atoms with Crippen molar-refractivity contribution in [3.8, 4) is 0 Å². The van der Waals surface area contributed by atoms with Crippen LogP contribution in [0.4, 0.5) is 0 Å². The summed E-state index contributed by atoms with van der Waals surface area (Å²) < 4.78 is 5.55. The van der Waals surface area contributed by atoms with Crippen LogP contribution in [0.1, 0.15) is 43.4 Å². The first-order valence-electron chi connectivity index (χ1n) is 10.4. The molecule has 4 aromatic rings. The Morgan fingerprint density at radius 2 is 1.77 bits per heavy atom. The third-order valence-corrected chi connectivity index (χ3v) is 5.90. The summed E-state index contributed by atoms with van der Waals surface area (Å²) in [5, 5.41) is 10.6. The molecule has 0 saturated heterocycles. The minimum Gasteiger partial charge on any atom is -0.481 e. The number of carboxylic acid groups (broad SMARTS) is 1. The molecule has 0 aliphatic carbocycles. The van der Waals surface area contributed by atoms with E-state index in [-0.39, 0.29) is 18.2 Å². The Morgan fingerprint density at radius 1 is 1.07 bits per heavy atom. The Kier molecular flexibility index (Phi) is 5.24. The van der Waals surface area contributed by atoms with Gasteiger partial charge >= 0.3 is 11.7 Å². The number of carboxylic acids is 1. The molecule has 0 amide bonds. The summed E-state index contributed by atoms with van der Waals surface area (Å²) in [6.45, 7) is 4.54. The van der Waals surface area contributed by atoms with Crippen molar-refractivity contribution in [2.45, 2.75) is 45.7 Å². The molecule has 6 heteroatoms. The van der Waals surface area contributed by atoms with E-state index in [9.17, 15) is 14.7 Å². The fourth-order valence-electron chi connectivity index (χ4n) is 4.62. The summed E-state index contributed by atoms with van der Waals surface area (Å²) in [6.07, 6.45) is 3.48. The molecule has 0 fully saturated rings. The zero-order chi connectivity index (χ0) is 21.4. The Bertz CT molecular complexity index is 1290. The van der Waals surface area contributed by atoms with E-state index in [4.69, 9.17) is 0 Å². The van der Waals surface area contributed by atoms with E-state index in [0.717, 1.165) is 28.5 Å². The number of rotatable bonds is 7. The van der Waals surface area contributed by atoms with Crippen LogP contribution in [0.2, 0.25) is 0 Å². The standard InChI is InChI=1S/C24H27N3O3/c1-4-8-18(13-22(28)29)27-20-11-6-5-10-19(20)26(24(27)30)15-17-14-25(3)21-12-7-9-16(2)23(17)21/h5-7,9-12,14,18H,4,8,13,15H2,1-3H3,(H,28,29)/t18-/m1/s1. The molecule has 4 rings (SSSR count). The lowest BCUT2D eigenvalue weighted by molar-refractivity contribution is -0.137. The van der Waals surface area contributed by atoms with Crippen molar-refractivity contribution in [1.82, 2.24) is 13.7 Å². The van der Waals surface area contributed by atoms with Gasteiger partial charge in [-0.1, -0.05) is 37.6 Å². The number of aliphatic carboxylic acids is 1. The van der Waals surface area contributed by atoms with Crippen molar-refractivity contribution >= 4 is 27.9 Å². The lowest BCUT2D eigenvalue weighted by Gasteiger charge is -2.16. The third kappa shape index (κ3) is 3.32. The van der Waals surface area contributed by atoms with Crippen molar-refractivity contribution < 1.29 is 9.90 Å². The summed E-state index contributed by atoms with van der Waals surface area (Å²) in [4.78, 5) is 25.0. The van der Waals surface area contributed by atoms with Crippen LogP contribution in [0.5, 0.6) is 0 Å². The smallest absolute Gasteiger partial charge is 0.329 e.